The maximum atomic E-state index is 2.37. The summed E-state index contributed by atoms with van der Waals surface area (Å²) in [7, 11) is 5.77. The molecule has 0 amide bonds. The highest BCUT2D eigenvalue weighted by Gasteiger charge is 2.41. The van der Waals surface area contributed by atoms with Gasteiger partial charge in [0.25, 0.3) is 0 Å². The Bertz CT molecular complexity index is 1690. The molecule has 0 aliphatic carbocycles. The molecule has 0 aliphatic heterocycles. The van der Waals surface area contributed by atoms with E-state index < -0.39 is 8.07 Å². The standard InChI is InChI=1S/C42H40N2Si/c1-43(2)36-26-22-34(23-27-36)42(35-24-28-37(29-25-35)44(3)4)32-33-20-30-41(31-21-33)45(38-14-8-5-9-15-38,39-16-10-6-11-17-39)40-18-12-7-13-19-40/h5-32H,1-4H3. The highest BCUT2D eigenvalue weighted by Crippen LogP contribution is 2.29. The minimum atomic E-state index is -2.55. The minimum absolute atomic E-state index is 1.18. The van der Waals surface area contributed by atoms with Crippen molar-refractivity contribution in [2.45, 2.75) is 0 Å². The van der Waals surface area contributed by atoms with Crippen LogP contribution in [0.3, 0.4) is 0 Å². The van der Waals surface area contributed by atoms with E-state index in [1.807, 2.05) is 0 Å². The molecule has 0 spiro atoms. The lowest BCUT2D eigenvalue weighted by Gasteiger charge is -2.34. The van der Waals surface area contributed by atoms with Crippen LogP contribution < -0.4 is 30.5 Å². The maximum absolute atomic E-state index is 2.55. The van der Waals surface area contributed by atoms with Crippen LogP contribution in [0.1, 0.15) is 16.7 Å². The zero-order valence-electron chi connectivity index (χ0n) is 26.6. The minimum Gasteiger partial charge on any atom is -0.378 e. The van der Waals surface area contributed by atoms with Crippen LogP contribution in [0.25, 0.3) is 11.6 Å². The third kappa shape index (κ3) is 6.13. The van der Waals surface area contributed by atoms with E-state index in [4.69, 9.17) is 0 Å². The summed E-state index contributed by atoms with van der Waals surface area (Å²) in [5.74, 6) is 0. The first-order chi connectivity index (χ1) is 22.0. The van der Waals surface area contributed by atoms with Gasteiger partial charge in [0, 0.05) is 39.6 Å². The van der Waals surface area contributed by atoms with Gasteiger partial charge in [0.15, 0.2) is 8.07 Å². The smallest absolute Gasteiger partial charge is 0.179 e. The zero-order chi connectivity index (χ0) is 31.2. The van der Waals surface area contributed by atoms with E-state index in [1.54, 1.807) is 0 Å². The third-order valence-electron chi connectivity index (χ3n) is 8.66. The summed E-state index contributed by atoms with van der Waals surface area (Å²) in [5.41, 5.74) is 7.16. The molecule has 0 saturated carbocycles. The Morgan fingerprint density at radius 3 is 1.07 bits per heavy atom. The molecule has 0 heterocycles. The van der Waals surface area contributed by atoms with E-state index in [0.29, 0.717) is 0 Å². The molecule has 0 radical (unpaired) electrons. The topological polar surface area (TPSA) is 6.48 Å². The molecule has 0 saturated heterocycles. The molecule has 0 aromatic heterocycles. The molecule has 0 aliphatic rings. The van der Waals surface area contributed by atoms with Crippen molar-refractivity contribution in [3.63, 3.8) is 0 Å². The maximum Gasteiger partial charge on any atom is 0.179 e. The van der Waals surface area contributed by atoms with Crippen LogP contribution in [0.4, 0.5) is 11.4 Å². The average molecular weight is 601 g/mol. The summed E-state index contributed by atoms with van der Waals surface area (Å²) < 4.78 is 0. The fourth-order valence-electron chi connectivity index (χ4n) is 6.27. The lowest BCUT2D eigenvalue weighted by Crippen LogP contribution is -2.74. The molecule has 6 rings (SSSR count). The predicted octanol–water partition coefficient (Wildman–Crippen LogP) is 6.78. The summed E-state index contributed by atoms with van der Waals surface area (Å²) in [4.78, 5) is 4.28. The van der Waals surface area contributed by atoms with Crippen LogP contribution in [0.2, 0.25) is 0 Å². The van der Waals surface area contributed by atoms with Crippen LogP contribution in [0, 0.1) is 0 Å². The van der Waals surface area contributed by atoms with Crippen LogP contribution in [-0.4, -0.2) is 36.3 Å². The van der Waals surface area contributed by atoms with Gasteiger partial charge in [-0.3, -0.25) is 0 Å². The number of anilines is 2. The highest BCUT2D eigenvalue weighted by atomic mass is 28.3. The van der Waals surface area contributed by atoms with Gasteiger partial charge in [0.05, 0.1) is 0 Å². The number of nitrogens with zero attached hydrogens (tertiary/aromatic N) is 2. The van der Waals surface area contributed by atoms with Gasteiger partial charge in [0.2, 0.25) is 0 Å². The Morgan fingerprint density at radius 1 is 0.400 bits per heavy atom. The highest BCUT2D eigenvalue weighted by molar-refractivity contribution is 7.19. The zero-order valence-corrected chi connectivity index (χ0v) is 27.6. The molecular formula is C42H40N2Si. The van der Waals surface area contributed by atoms with Crippen LogP contribution in [-0.2, 0) is 0 Å². The Labute approximate surface area is 269 Å². The van der Waals surface area contributed by atoms with Gasteiger partial charge in [-0.1, -0.05) is 140 Å². The molecule has 222 valence electrons. The molecule has 0 fully saturated rings. The van der Waals surface area contributed by atoms with Gasteiger partial charge in [-0.15, -0.1) is 0 Å². The molecule has 2 nitrogen and oxygen atoms in total. The fourth-order valence-corrected chi connectivity index (χ4v) is 11.0. The Morgan fingerprint density at radius 2 is 0.733 bits per heavy atom. The van der Waals surface area contributed by atoms with E-state index in [-0.39, 0.29) is 0 Å². The van der Waals surface area contributed by atoms with E-state index >= 15 is 0 Å². The van der Waals surface area contributed by atoms with Crippen LogP contribution >= 0.6 is 0 Å². The Hall–Kier alpha value is -5.12. The molecule has 0 bridgehead atoms. The summed E-state index contributed by atoms with van der Waals surface area (Å²) in [5, 5.41) is 5.52. The van der Waals surface area contributed by atoms with Crippen molar-refractivity contribution in [1.82, 2.24) is 0 Å². The second-order valence-electron chi connectivity index (χ2n) is 11.9. The van der Waals surface area contributed by atoms with Gasteiger partial charge < -0.3 is 9.80 Å². The third-order valence-corrected chi connectivity index (χ3v) is 13.5. The molecular weight excluding hydrogens is 561 g/mol. The fraction of sp³-hybridized carbons (Fsp3) is 0.0952. The van der Waals surface area contributed by atoms with Crippen molar-refractivity contribution >= 4 is 51.8 Å². The van der Waals surface area contributed by atoms with Crippen LogP contribution in [0.15, 0.2) is 164 Å². The van der Waals surface area contributed by atoms with Gasteiger partial charge in [-0.2, -0.15) is 0 Å². The molecule has 3 heteroatoms. The monoisotopic (exact) mass is 600 g/mol. The second kappa shape index (κ2) is 13.3. The van der Waals surface area contributed by atoms with Crippen molar-refractivity contribution in [2.75, 3.05) is 38.0 Å². The van der Waals surface area contributed by atoms with E-state index in [2.05, 4.69) is 208 Å². The Balaban J connectivity index is 1.50. The lowest BCUT2D eigenvalue weighted by molar-refractivity contribution is 1.13. The van der Waals surface area contributed by atoms with Crippen molar-refractivity contribution < 1.29 is 0 Å². The van der Waals surface area contributed by atoms with Gasteiger partial charge in [-0.25, -0.2) is 0 Å². The number of rotatable bonds is 9. The SMILES string of the molecule is CN(C)c1ccc(C(=Cc2ccc([Si](c3ccccc3)(c3ccccc3)c3ccccc3)cc2)c2ccc(N(C)C)cc2)cc1. The van der Waals surface area contributed by atoms with E-state index in [9.17, 15) is 0 Å². The van der Waals surface area contributed by atoms with Crippen molar-refractivity contribution in [1.29, 1.82) is 0 Å². The normalized spacial score (nSPS) is 11.1. The largest absolute Gasteiger partial charge is 0.378 e. The predicted molar refractivity (Wildman–Crippen MR) is 199 cm³/mol. The molecule has 45 heavy (non-hydrogen) atoms. The first kappa shape index (κ1) is 29.9. The molecule has 0 atom stereocenters. The van der Waals surface area contributed by atoms with Crippen molar-refractivity contribution in [2.24, 2.45) is 0 Å². The summed E-state index contributed by atoms with van der Waals surface area (Å²) >= 11 is 0. The Kier molecular flexibility index (Phi) is 8.81. The lowest BCUT2D eigenvalue weighted by atomic mass is 9.95. The summed E-state index contributed by atoms with van der Waals surface area (Å²) in [6.07, 6.45) is 2.33. The number of benzene rings is 6. The van der Waals surface area contributed by atoms with Gasteiger partial charge in [0.1, 0.15) is 0 Å². The van der Waals surface area contributed by atoms with Crippen LogP contribution in [0.5, 0.6) is 0 Å². The molecule has 0 unspecified atom stereocenters. The average Bonchev–Trinajstić information content (AvgIpc) is 3.10. The first-order valence-corrected chi connectivity index (χ1v) is 17.5. The second-order valence-corrected chi connectivity index (χ2v) is 15.7. The molecule has 6 aromatic rings. The first-order valence-electron chi connectivity index (χ1n) is 15.5. The van der Waals surface area contributed by atoms with Gasteiger partial charge >= 0.3 is 0 Å². The number of hydrogen-bond acceptors (Lipinski definition) is 2. The van der Waals surface area contributed by atoms with E-state index in [1.165, 1.54) is 54.4 Å². The van der Waals surface area contributed by atoms with Crippen molar-refractivity contribution in [3.8, 4) is 0 Å². The molecule has 6 aromatic carbocycles. The van der Waals surface area contributed by atoms with E-state index in [0.717, 1.165) is 0 Å². The van der Waals surface area contributed by atoms with Crippen molar-refractivity contribution in [3.05, 3.63) is 180 Å². The molecule has 0 N–H and O–H groups in total. The summed E-state index contributed by atoms with van der Waals surface area (Å²) in [6.45, 7) is 0. The number of hydrogen-bond donors (Lipinski definition) is 0. The summed E-state index contributed by atoms with van der Waals surface area (Å²) in [6, 6.07) is 60.3. The quantitative estimate of drug-likeness (QED) is 0.103. The van der Waals surface area contributed by atoms with Gasteiger partial charge in [-0.05, 0) is 73.4 Å².